The topological polar surface area (TPSA) is 66.6 Å². The lowest BCUT2D eigenvalue weighted by atomic mass is 9.96. The fourth-order valence-electron chi connectivity index (χ4n) is 2.37. The summed E-state index contributed by atoms with van der Waals surface area (Å²) in [5.74, 6) is 1.76. The fraction of sp³-hybridized carbons (Fsp3) is 0.900. The van der Waals surface area contributed by atoms with Crippen molar-refractivity contribution < 1.29 is 9.90 Å². The van der Waals surface area contributed by atoms with Crippen molar-refractivity contribution in [3.05, 3.63) is 0 Å². The van der Waals surface area contributed by atoms with Crippen molar-refractivity contribution in [3.8, 4) is 0 Å². The molecule has 2 fully saturated rings. The van der Waals surface area contributed by atoms with E-state index >= 15 is 0 Å². The lowest BCUT2D eigenvalue weighted by molar-refractivity contribution is -0.133. The Hall–Kier alpha value is -0.260. The Morgan fingerprint density at radius 1 is 1.53 bits per heavy atom. The van der Waals surface area contributed by atoms with Crippen LogP contribution in [0.1, 0.15) is 19.3 Å². The van der Waals surface area contributed by atoms with Gasteiger partial charge in [0.05, 0.1) is 18.0 Å². The Labute approximate surface area is 94.2 Å². The van der Waals surface area contributed by atoms with Crippen LogP contribution in [0.15, 0.2) is 0 Å². The first-order valence-electron chi connectivity index (χ1n) is 5.50. The van der Waals surface area contributed by atoms with Gasteiger partial charge in [0.1, 0.15) is 0 Å². The second-order valence-electron chi connectivity index (χ2n) is 4.33. The molecule has 3 N–H and O–H groups in total. The second-order valence-corrected chi connectivity index (χ2v) is 5.40. The summed E-state index contributed by atoms with van der Waals surface area (Å²) in [5.41, 5.74) is 5.93. The molecule has 1 amide bonds. The minimum Gasteiger partial charge on any atom is -0.393 e. The van der Waals surface area contributed by atoms with Gasteiger partial charge in [-0.3, -0.25) is 4.79 Å². The highest BCUT2D eigenvalue weighted by Crippen LogP contribution is 2.29. The van der Waals surface area contributed by atoms with Gasteiger partial charge >= 0.3 is 0 Å². The van der Waals surface area contributed by atoms with Crippen molar-refractivity contribution >= 4 is 17.7 Å². The molecule has 5 heteroatoms. The van der Waals surface area contributed by atoms with Crippen molar-refractivity contribution in [1.82, 2.24) is 4.90 Å². The number of aliphatic hydroxyl groups is 1. The van der Waals surface area contributed by atoms with Crippen LogP contribution in [0.3, 0.4) is 0 Å². The molecule has 86 valence electrons. The van der Waals surface area contributed by atoms with Crippen LogP contribution >= 0.6 is 11.8 Å². The van der Waals surface area contributed by atoms with E-state index in [4.69, 9.17) is 5.73 Å². The molecule has 0 aromatic heterocycles. The predicted molar refractivity (Wildman–Crippen MR) is 60.4 cm³/mol. The second kappa shape index (κ2) is 4.72. The monoisotopic (exact) mass is 230 g/mol. The predicted octanol–water partition coefficient (Wildman–Crippen LogP) is 0.00760. The van der Waals surface area contributed by atoms with E-state index in [1.54, 1.807) is 16.7 Å². The van der Waals surface area contributed by atoms with E-state index < -0.39 is 6.04 Å². The van der Waals surface area contributed by atoms with Gasteiger partial charge in [-0.25, -0.2) is 0 Å². The number of amides is 1. The maximum atomic E-state index is 12.0. The molecule has 4 nitrogen and oxygen atoms in total. The van der Waals surface area contributed by atoms with Gasteiger partial charge in [0.25, 0.3) is 0 Å². The van der Waals surface area contributed by atoms with E-state index in [1.165, 1.54) is 0 Å². The van der Waals surface area contributed by atoms with Gasteiger partial charge in [0.15, 0.2) is 0 Å². The molecule has 3 atom stereocenters. The molecule has 0 spiro atoms. The highest BCUT2D eigenvalue weighted by Gasteiger charge is 2.36. The van der Waals surface area contributed by atoms with Crippen molar-refractivity contribution in [2.24, 2.45) is 11.7 Å². The van der Waals surface area contributed by atoms with Crippen LogP contribution in [0.25, 0.3) is 0 Å². The minimum absolute atomic E-state index is 0.0194. The first-order chi connectivity index (χ1) is 7.20. The van der Waals surface area contributed by atoms with Gasteiger partial charge in [-0.1, -0.05) is 6.42 Å². The van der Waals surface area contributed by atoms with Gasteiger partial charge in [0, 0.05) is 18.2 Å². The summed E-state index contributed by atoms with van der Waals surface area (Å²) in [7, 11) is 0. The van der Waals surface area contributed by atoms with Crippen LogP contribution in [-0.2, 0) is 4.79 Å². The maximum Gasteiger partial charge on any atom is 0.240 e. The number of carbonyl (C=O) groups is 1. The smallest absolute Gasteiger partial charge is 0.240 e. The first kappa shape index (κ1) is 11.2. The normalized spacial score (nSPS) is 33.3. The molecule has 0 bridgehead atoms. The molecule has 3 unspecified atom stereocenters. The quantitative estimate of drug-likeness (QED) is 0.701. The van der Waals surface area contributed by atoms with E-state index in [0.717, 1.165) is 37.4 Å². The summed E-state index contributed by atoms with van der Waals surface area (Å²) < 4.78 is 0. The van der Waals surface area contributed by atoms with Crippen molar-refractivity contribution in [3.63, 3.8) is 0 Å². The highest BCUT2D eigenvalue weighted by atomic mass is 32.2. The SMILES string of the molecule is NC(C(=O)N1CCSC1)C1CCCC1O. The van der Waals surface area contributed by atoms with Crippen LogP contribution in [0.5, 0.6) is 0 Å². The first-order valence-corrected chi connectivity index (χ1v) is 6.66. The largest absolute Gasteiger partial charge is 0.393 e. The van der Waals surface area contributed by atoms with Crippen molar-refractivity contribution in [2.75, 3.05) is 18.2 Å². The van der Waals surface area contributed by atoms with Crippen LogP contribution in [0.4, 0.5) is 0 Å². The molecule has 1 heterocycles. The lowest BCUT2D eigenvalue weighted by Crippen LogP contribution is -2.48. The Bertz CT molecular complexity index is 244. The molecular weight excluding hydrogens is 212 g/mol. The molecule has 1 aliphatic heterocycles. The summed E-state index contributed by atoms with van der Waals surface area (Å²) in [5, 5.41) is 9.70. The van der Waals surface area contributed by atoms with E-state index in [9.17, 15) is 9.90 Å². The Morgan fingerprint density at radius 2 is 2.33 bits per heavy atom. The number of carbonyl (C=O) groups excluding carboxylic acids is 1. The maximum absolute atomic E-state index is 12.0. The molecule has 2 rings (SSSR count). The average Bonchev–Trinajstić information content (AvgIpc) is 2.85. The standard InChI is InChI=1S/C10H18N2O2S/c11-9(7-2-1-3-8(7)13)10(14)12-4-5-15-6-12/h7-9,13H,1-6,11H2. The van der Waals surface area contributed by atoms with E-state index in [-0.39, 0.29) is 17.9 Å². The molecule has 0 radical (unpaired) electrons. The molecule has 2 aliphatic rings. The van der Waals surface area contributed by atoms with Crippen LogP contribution in [-0.4, -0.2) is 46.2 Å². The van der Waals surface area contributed by atoms with Gasteiger partial charge in [-0.15, -0.1) is 11.8 Å². The average molecular weight is 230 g/mol. The van der Waals surface area contributed by atoms with E-state index in [1.807, 2.05) is 0 Å². The third kappa shape index (κ3) is 2.29. The highest BCUT2D eigenvalue weighted by molar-refractivity contribution is 7.99. The Kier molecular flexibility index (Phi) is 3.53. The molecule has 1 saturated carbocycles. The summed E-state index contributed by atoms with van der Waals surface area (Å²) >= 11 is 1.76. The van der Waals surface area contributed by atoms with Gasteiger partial charge in [-0.05, 0) is 12.8 Å². The van der Waals surface area contributed by atoms with Crippen molar-refractivity contribution in [2.45, 2.75) is 31.4 Å². The van der Waals surface area contributed by atoms with E-state index in [0.29, 0.717) is 0 Å². The van der Waals surface area contributed by atoms with E-state index in [2.05, 4.69) is 0 Å². The summed E-state index contributed by atoms with van der Waals surface area (Å²) in [4.78, 5) is 13.8. The zero-order valence-electron chi connectivity index (χ0n) is 8.76. The minimum atomic E-state index is -0.499. The Morgan fingerprint density at radius 3 is 2.87 bits per heavy atom. The number of thioether (sulfide) groups is 1. The number of nitrogens with two attached hydrogens (primary N) is 1. The lowest BCUT2D eigenvalue weighted by Gasteiger charge is -2.25. The molecule has 0 aromatic rings. The number of nitrogens with zero attached hydrogens (tertiary/aromatic N) is 1. The van der Waals surface area contributed by atoms with Gasteiger partial charge < -0.3 is 15.7 Å². The Balaban J connectivity index is 1.94. The summed E-state index contributed by atoms with van der Waals surface area (Å²) in [6.45, 7) is 0.806. The van der Waals surface area contributed by atoms with Crippen LogP contribution in [0.2, 0.25) is 0 Å². The van der Waals surface area contributed by atoms with Crippen LogP contribution in [0, 0.1) is 5.92 Å². The summed E-state index contributed by atoms with van der Waals surface area (Å²) in [6, 6.07) is -0.499. The number of aliphatic hydroxyl groups excluding tert-OH is 1. The molecular formula is C10H18N2O2S. The number of rotatable bonds is 2. The third-order valence-electron chi connectivity index (χ3n) is 3.34. The molecule has 1 aliphatic carbocycles. The molecule has 1 saturated heterocycles. The zero-order chi connectivity index (χ0) is 10.8. The summed E-state index contributed by atoms with van der Waals surface area (Å²) in [6.07, 6.45) is 2.29. The number of hydrogen-bond acceptors (Lipinski definition) is 4. The molecule has 15 heavy (non-hydrogen) atoms. The fourth-order valence-corrected chi connectivity index (χ4v) is 3.33. The van der Waals surface area contributed by atoms with Gasteiger partial charge in [-0.2, -0.15) is 0 Å². The number of hydrogen-bond donors (Lipinski definition) is 2. The third-order valence-corrected chi connectivity index (χ3v) is 4.31. The van der Waals surface area contributed by atoms with Crippen molar-refractivity contribution in [1.29, 1.82) is 0 Å². The molecule has 0 aromatic carbocycles. The van der Waals surface area contributed by atoms with Gasteiger partial charge in [0.2, 0.25) is 5.91 Å². The van der Waals surface area contributed by atoms with Crippen LogP contribution < -0.4 is 5.73 Å². The zero-order valence-corrected chi connectivity index (χ0v) is 9.58.